The lowest BCUT2D eigenvalue weighted by atomic mass is 10.1. The van der Waals surface area contributed by atoms with Crippen molar-refractivity contribution in [1.29, 1.82) is 0 Å². The number of nitrogens with zero attached hydrogens (tertiary/aromatic N) is 2. The van der Waals surface area contributed by atoms with Crippen LogP contribution in [0.4, 0.5) is 0 Å². The highest BCUT2D eigenvalue weighted by molar-refractivity contribution is 7.86. The minimum Gasteiger partial charge on any atom is -0.468 e. The first-order valence-electron chi connectivity index (χ1n) is 8.55. The van der Waals surface area contributed by atoms with Crippen LogP contribution in [0.25, 0.3) is 0 Å². The minimum atomic E-state index is -3.47. The van der Waals surface area contributed by atoms with Crippen molar-refractivity contribution >= 4 is 10.2 Å². The first-order valence-corrected chi connectivity index (χ1v) is 9.94. The molecular weight excluding hydrogens is 316 g/mol. The molecule has 6 nitrogen and oxygen atoms in total. The molecule has 23 heavy (non-hydrogen) atoms. The quantitative estimate of drug-likeness (QED) is 0.797. The molecule has 1 aromatic heterocycles. The zero-order chi connectivity index (χ0) is 16.3. The van der Waals surface area contributed by atoms with Crippen molar-refractivity contribution in [3.05, 3.63) is 24.2 Å². The fraction of sp³-hybridized carbons (Fsp3) is 0.750. The van der Waals surface area contributed by atoms with Crippen molar-refractivity contribution < 1.29 is 17.6 Å². The Labute approximate surface area is 138 Å². The van der Waals surface area contributed by atoms with E-state index in [9.17, 15) is 8.42 Å². The maximum absolute atomic E-state index is 13.1. The zero-order valence-corrected chi connectivity index (χ0v) is 14.5. The molecule has 0 aromatic carbocycles. The lowest BCUT2D eigenvalue weighted by molar-refractivity contribution is 0.0179. The molecule has 2 atom stereocenters. The first kappa shape index (κ1) is 17.0. The molecule has 0 N–H and O–H groups in total. The van der Waals surface area contributed by atoms with Crippen LogP contribution in [-0.4, -0.2) is 49.4 Å². The third kappa shape index (κ3) is 3.63. The summed E-state index contributed by atoms with van der Waals surface area (Å²) in [5, 5.41) is 0. The maximum atomic E-state index is 13.1. The molecule has 0 unspecified atom stereocenters. The van der Waals surface area contributed by atoms with Crippen LogP contribution >= 0.6 is 0 Å². The van der Waals surface area contributed by atoms with Gasteiger partial charge in [-0.1, -0.05) is 6.92 Å². The molecule has 2 aliphatic rings. The SMILES string of the molecule is CCCO[C@@H]1CCCN(S(=O)(=O)N2CCC[C@@H]2c2ccco2)C1. The van der Waals surface area contributed by atoms with Gasteiger partial charge in [0.1, 0.15) is 5.76 Å². The maximum Gasteiger partial charge on any atom is 0.282 e. The molecule has 1 aromatic rings. The van der Waals surface area contributed by atoms with E-state index in [-0.39, 0.29) is 12.1 Å². The van der Waals surface area contributed by atoms with Gasteiger partial charge in [-0.2, -0.15) is 17.0 Å². The fourth-order valence-electron chi connectivity index (χ4n) is 3.46. The standard InChI is InChI=1S/C16H26N2O4S/c1-2-11-21-14-6-3-9-17(13-14)23(19,20)18-10-4-7-15(18)16-8-5-12-22-16/h5,8,12,14-15H,2-4,6-7,9-11,13H2,1H3/t14-,15-/m1/s1. The minimum absolute atomic E-state index is 0.0168. The van der Waals surface area contributed by atoms with E-state index in [0.29, 0.717) is 26.2 Å². The Morgan fingerprint density at radius 3 is 2.87 bits per heavy atom. The fourth-order valence-corrected chi connectivity index (χ4v) is 5.37. The number of rotatable bonds is 6. The number of hydrogen-bond donors (Lipinski definition) is 0. The van der Waals surface area contributed by atoms with Crippen LogP contribution in [0.15, 0.2) is 22.8 Å². The Kier molecular flexibility index (Phi) is 5.41. The van der Waals surface area contributed by atoms with Crippen LogP contribution in [0.3, 0.4) is 0 Å². The molecule has 0 saturated carbocycles. The molecular formula is C16H26N2O4S. The van der Waals surface area contributed by atoms with Crippen LogP contribution < -0.4 is 0 Å². The predicted molar refractivity (Wildman–Crippen MR) is 87.1 cm³/mol. The van der Waals surface area contributed by atoms with Crippen LogP contribution in [0.2, 0.25) is 0 Å². The van der Waals surface area contributed by atoms with Crippen molar-refractivity contribution in [3.63, 3.8) is 0 Å². The molecule has 2 fully saturated rings. The summed E-state index contributed by atoms with van der Waals surface area (Å²) in [7, 11) is -3.47. The summed E-state index contributed by atoms with van der Waals surface area (Å²) in [5.41, 5.74) is 0. The second-order valence-electron chi connectivity index (χ2n) is 6.28. The van der Waals surface area contributed by atoms with Crippen LogP contribution in [0.5, 0.6) is 0 Å². The van der Waals surface area contributed by atoms with E-state index in [4.69, 9.17) is 9.15 Å². The van der Waals surface area contributed by atoms with Gasteiger partial charge in [0.05, 0.1) is 18.4 Å². The predicted octanol–water partition coefficient (Wildman–Crippen LogP) is 2.55. The van der Waals surface area contributed by atoms with Gasteiger partial charge in [0.15, 0.2) is 0 Å². The van der Waals surface area contributed by atoms with Gasteiger partial charge >= 0.3 is 0 Å². The number of ether oxygens (including phenoxy) is 1. The molecule has 3 heterocycles. The summed E-state index contributed by atoms with van der Waals surface area (Å²) >= 11 is 0. The monoisotopic (exact) mass is 342 g/mol. The summed E-state index contributed by atoms with van der Waals surface area (Å²) in [6.45, 7) is 4.36. The average molecular weight is 342 g/mol. The van der Waals surface area contributed by atoms with E-state index in [1.54, 1.807) is 14.9 Å². The molecule has 2 aliphatic heterocycles. The van der Waals surface area contributed by atoms with E-state index in [2.05, 4.69) is 6.92 Å². The highest BCUT2D eigenvalue weighted by atomic mass is 32.2. The summed E-state index contributed by atoms with van der Waals surface area (Å²) in [6.07, 6.45) is 6.05. The van der Waals surface area contributed by atoms with Gasteiger partial charge in [0, 0.05) is 26.2 Å². The Balaban J connectivity index is 1.72. The third-order valence-corrected chi connectivity index (χ3v) is 6.61. The highest BCUT2D eigenvalue weighted by Crippen LogP contribution is 2.36. The Morgan fingerprint density at radius 1 is 1.30 bits per heavy atom. The van der Waals surface area contributed by atoms with Crippen molar-refractivity contribution in [2.24, 2.45) is 0 Å². The first-order chi connectivity index (χ1) is 11.1. The molecule has 0 aliphatic carbocycles. The van der Waals surface area contributed by atoms with Gasteiger partial charge in [-0.25, -0.2) is 0 Å². The molecule has 0 bridgehead atoms. The van der Waals surface area contributed by atoms with Crippen LogP contribution in [-0.2, 0) is 14.9 Å². The lowest BCUT2D eigenvalue weighted by Gasteiger charge is -2.35. The summed E-state index contributed by atoms with van der Waals surface area (Å²) in [4.78, 5) is 0. The summed E-state index contributed by atoms with van der Waals surface area (Å²) in [5.74, 6) is 0.738. The zero-order valence-electron chi connectivity index (χ0n) is 13.7. The Hall–Kier alpha value is -0.890. The van der Waals surface area contributed by atoms with E-state index in [1.807, 2.05) is 12.1 Å². The number of piperidine rings is 1. The van der Waals surface area contributed by atoms with Crippen LogP contribution in [0, 0.1) is 0 Å². The average Bonchev–Trinajstić information content (AvgIpc) is 3.23. The molecule has 130 valence electrons. The smallest absolute Gasteiger partial charge is 0.282 e. The van der Waals surface area contributed by atoms with E-state index in [1.165, 1.54) is 0 Å². The second-order valence-corrected chi connectivity index (χ2v) is 8.17. The largest absolute Gasteiger partial charge is 0.468 e. The number of furan rings is 1. The van der Waals surface area contributed by atoms with Gasteiger partial charge in [-0.15, -0.1) is 0 Å². The Bertz CT molecular complexity index is 587. The number of hydrogen-bond acceptors (Lipinski definition) is 4. The van der Waals surface area contributed by atoms with Crippen LogP contribution in [0.1, 0.15) is 50.8 Å². The highest BCUT2D eigenvalue weighted by Gasteiger charge is 2.41. The summed E-state index contributed by atoms with van der Waals surface area (Å²) in [6, 6.07) is 3.50. The van der Waals surface area contributed by atoms with Crippen molar-refractivity contribution in [3.8, 4) is 0 Å². The normalized spacial score (nSPS) is 27.5. The lowest BCUT2D eigenvalue weighted by Crippen LogP contribution is -2.49. The summed E-state index contributed by atoms with van der Waals surface area (Å²) < 4.78 is 40.6. The molecule has 3 rings (SSSR count). The molecule has 0 amide bonds. The molecule has 0 spiro atoms. The van der Waals surface area contributed by atoms with E-state index in [0.717, 1.165) is 37.9 Å². The van der Waals surface area contributed by atoms with E-state index < -0.39 is 10.2 Å². The van der Waals surface area contributed by atoms with Gasteiger partial charge in [0.2, 0.25) is 0 Å². The van der Waals surface area contributed by atoms with Gasteiger partial charge in [-0.05, 0) is 44.2 Å². The van der Waals surface area contributed by atoms with Gasteiger partial charge < -0.3 is 9.15 Å². The van der Waals surface area contributed by atoms with Gasteiger partial charge in [-0.3, -0.25) is 0 Å². The Morgan fingerprint density at radius 2 is 2.13 bits per heavy atom. The van der Waals surface area contributed by atoms with Crippen molar-refractivity contribution in [1.82, 2.24) is 8.61 Å². The molecule has 7 heteroatoms. The third-order valence-electron chi connectivity index (χ3n) is 4.60. The van der Waals surface area contributed by atoms with Crippen molar-refractivity contribution in [2.75, 3.05) is 26.2 Å². The topological polar surface area (TPSA) is 63.0 Å². The second kappa shape index (κ2) is 7.34. The van der Waals surface area contributed by atoms with Gasteiger partial charge in [0.25, 0.3) is 10.2 Å². The molecule has 2 saturated heterocycles. The molecule has 0 radical (unpaired) electrons. The van der Waals surface area contributed by atoms with Crippen molar-refractivity contribution in [2.45, 2.75) is 51.2 Å². The van der Waals surface area contributed by atoms with E-state index >= 15 is 0 Å².